The summed E-state index contributed by atoms with van der Waals surface area (Å²) in [5.41, 5.74) is 4.12. The minimum absolute atomic E-state index is 0.227. The van der Waals surface area contributed by atoms with Crippen LogP contribution in [-0.2, 0) is 10.0 Å². The first-order chi connectivity index (χ1) is 14.3. The molecule has 1 aliphatic heterocycles. The van der Waals surface area contributed by atoms with Crippen molar-refractivity contribution in [3.8, 4) is 0 Å². The number of carbonyl (C=O) groups excluding carboxylic acids is 1. The normalized spacial score (nSPS) is 16.4. The Morgan fingerprint density at radius 3 is 2.53 bits per heavy atom. The molecule has 3 aromatic rings. The highest BCUT2D eigenvalue weighted by Gasteiger charge is 2.34. The Hall–Kier alpha value is -3.39. The number of sulfonamides is 1. The molecule has 7 nitrogen and oxygen atoms in total. The average molecular weight is 423 g/mol. The molecule has 0 saturated carbocycles. The Kier molecular flexibility index (Phi) is 5.17. The number of anilines is 1. The molecule has 8 heteroatoms. The van der Waals surface area contributed by atoms with Crippen LogP contribution in [0.2, 0.25) is 0 Å². The van der Waals surface area contributed by atoms with E-state index in [1.54, 1.807) is 36.4 Å². The summed E-state index contributed by atoms with van der Waals surface area (Å²) in [5, 5.41) is 6.07. The van der Waals surface area contributed by atoms with Gasteiger partial charge in [0.25, 0.3) is 0 Å². The molecule has 0 radical (unpaired) electrons. The lowest BCUT2D eigenvalue weighted by molar-refractivity contribution is 0.0678. The Labute approximate surface area is 175 Å². The monoisotopic (exact) mass is 423 g/mol. The van der Waals surface area contributed by atoms with Gasteiger partial charge in [-0.1, -0.05) is 42.0 Å². The zero-order chi connectivity index (χ0) is 21.3. The van der Waals surface area contributed by atoms with Crippen LogP contribution in [0.3, 0.4) is 0 Å². The van der Waals surface area contributed by atoms with Crippen molar-refractivity contribution < 1.29 is 17.6 Å². The maximum Gasteiger partial charge on any atom is 0.310 e. The molecule has 0 spiro atoms. The van der Waals surface area contributed by atoms with Gasteiger partial charge in [-0.15, -0.1) is 0 Å². The van der Waals surface area contributed by atoms with Gasteiger partial charge in [0.1, 0.15) is 0 Å². The summed E-state index contributed by atoms with van der Waals surface area (Å²) in [7, 11) is -3.35. The molecule has 4 rings (SSSR count). The largest absolute Gasteiger partial charge is 0.459 e. The number of hydrazone groups is 1. The molecule has 1 aliphatic rings. The van der Waals surface area contributed by atoms with Gasteiger partial charge in [0, 0.05) is 12.1 Å². The smallest absolute Gasteiger partial charge is 0.310 e. The van der Waals surface area contributed by atoms with Gasteiger partial charge in [-0.05, 0) is 42.3 Å². The highest BCUT2D eigenvalue weighted by molar-refractivity contribution is 7.92. The summed E-state index contributed by atoms with van der Waals surface area (Å²) in [5.74, 6) is -0.0813. The predicted octanol–water partition coefficient (Wildman–Crippen LogP) is 3.95. The van der Waals surface area contributed by atoms with E-state index in [1.807, 2.05) is 31.2 Å². The summed E-state index contributed by atoms with van der Waals surface area (Å²) in [6.45, 7) is 2.01. The highest BCUT2D eigenvalue weighted by atomic mass is 32.2. The van der Waals surface area contributed by atoms with Gasteiger partial charge in [-0.25, -0.2) is 13.4 Å². The van der Waals surface area contributed by atoms with Crippen molar-refractivity contribution in [1.29, 1.82) is 0 Å². The molecule has 1 amide bonds. The van der Waals surface area contributed by atoms with Gasteiger partial charge in [-0.3, -0.25) is 9.52 Å². The van der Waals surface area contributed by atoms with Gasteiger partial charge in [0.2, 0.25) is 10.0 Å². The molecule has 0 fully saturated rings. The first-order valence-corrected chi connectivity index (χ1v) is 11.3. The van der Waals surface area contributed by atoms with E-state index in [1.165, 1.54) is 11.3 Å². The molecule has 2 aromatic carbocycles. The Bertz CT molecular complexity index is 1200. The number of nitrogens with zero attached hydrogens (tertiary/aromatic N) is 2. The van der Waals surface area contributed by atoms with Crippen molar-refractivity contribution in [1.82, 2.24) is 5.01 Å². The number of benzene rings is 2. The molecule has 154 valence electrons. The number of nitrogens with one attached hydrogen (secondary N) is 1. The van der Waals surface area contributed by atoms with E-state index < -0.39 is 10.0 Å². The zero-order valence-corrected chi connectivity index (χ0v) is 17.4. The number of hydrogen-bond acceptors (Lipinski definition) is 5. The second kappa shape index (κ2) is 7.79. The van der Waals surface area contributed by atoms with Crippen molar-refractivity contribution in [3.05, 3.63) is 89.4 Å². The molecule has 30 heavy (non-hydrogen) atoms. The van der Waals surface area contributed by atoms with E-state index in [-0.39, 0.29) is 17.7 Å². The third-order valence-electron chi connectivity index (χ3n) is 4.80. The summed E-state index contributed by atoms with van der Waals surface area (Å²) < 4.78 is 30.6. The highest BCUT2D eigenvalue weighted by Crippen LogP contribution is 2.34. The summed E-state index contributed by atoms with van der Waals surface area (Å²) >= 11 is 0. The maximum atomic E-state index is 13.0. The zero-order valence-electron chi connectivity index (χ0n) is 16.6. The Morgan fingerprint density at radius 2 is 1.90 bits per heavy atom. The fraction of sp³-hybridized carbons (Fsp3) is 0.182. The number of furan rings is 1. The number of aryl methyl sites for hydroxylation is 1. The molecule has 1 aromatic heterocycles. The van der Waals surface area contributed by atoms with E-state index >= 15 is 0 Å². The molecule has 1 atom stereocenters. The summed E-state index contributed by atoms with van der Waals surface area (Å²) in [6, 6.07) is 18.0. The van der Waals surface area contributed by atoms with Crippen molar-refractivity contribution in [3.63, 3.8) is 0 Å². The lowest BCUT2D eigenvalue weighted by atomic mass is 9.97. The molecule has 0 saturated heterocycles. The standard InChI is InChI=1S/C22H21N3O4S/c1-15-5-3-6-17(13-15)20-14-19(23-25(20)22(26)21-7-4-12-29-21)16-8-10-18(11-9-16)24-30(2,27)28/h3-13,20,24H,14H2,1-2H3/t20-/m1/s1. The minimum Gasteiger partial charge on any atom is -0.459 e. The van der Waals surface area contributed by atoms with Crippen molar-refractivity contribution in [2.75, 3.05) is 11.0 Å². The Balaban J connectivity index is 1.67. The molecule has 2 heterocycles. The number of rotatable bonds is 5. The van der Waals surface area contributed by atoms with E-state index in [0.29, 0.717) is 12.1 Å². The van der Waals surface area contributed by atoms with Crippen LogP contribution >= 0.6 is 0 Å². The SMILES string of the molecule is Cc1cccc([C@H]2CC(c3ccc(NS(C)(=O)=O)cc3)=NN2C(=O)c2ccco2)c1. The van der Waals surface area contributed by atoms with Crippen molar-refractivity contribution in [2.24, 2.45) is 5.10 Å². The van der Waals surface area contributed by atoms with E-state index in [4.69, 9.17) is 4.42 Å². The van der Waals surface area contributed by atoms with Crippen LogP contribution in [0.1, 0.15) is 39.7 Å². The van der Waals surface area contributed by atoms with E-state index in [2.05, 4.69) is 9.82 Å². The van der Waals surface area contributed by atoms with Crippen LogP contribution < -0.4 is 4.72 Å². The molecular weight excluding hydrogens is 402 g/mol. The van der Waals surface area contributed by atoms with Crippen LogP contribution in [0.25, 0.3) is 0 Å². The third kappa shape index (κ3) is 4.28. The van der Waals surface area contributed by atoms with Crippen LogP contribution in [0.15, 0.2) is 76.4 Å². The van der Waals surface area contributed by atoms with Crippen molar-refractivity contribution in [2.45, 2.75) is 19.4 Å². The molecule has 0 unspecified atom stereocenters. The number of amides is 1. The number of carbonyl (C=O) groups is 1. The molecular formula is C22H21N3O4S. The molecule has 0 bridgehead atoms. The van der Waals surface area contributed by atoms with Gasteiger partial charge < -0.3 is 4.42 Å². The molecule has 0 aliphatic carbocycles. The third-order valence-corrected chi connectivity index (χ3v) is 5.41. The van der Waals surface area contributed by atoms with Gasteiger partial charge >= 0.3 is 5.91 Å². The lowest BCUT2D eigenvalue weighted by Crippen LogP contribution is -2.26. The van der Waals surface area contributed by atoms with Crippen LogP contribution in [0.5, 0.6) is 0 Å². The lowest BCUT2D eigenvalue weighted by Gasteiger charge is -2.21. The second-order valence-corrected chi connectivity index (χ2v) is 9.01. The minimum atomic E-state index is -3.35. The number of hydrogen-bond donors (Lipinski definition) is 1. The van der Waals surface area contributed by atoms with Gasteiger partial charge in [0.15, 0.2) is 5.76 Å². The van der Waals surface area contributed by atoms with E-state index in [9.17, 15) is 13.2 Å². The predicted molar refractivity (Wildman–Crippen MR) is 115 cm³/mol. The summed E-state index contributed by atoms with van der Waals surface area (Å²) in [6.07, 6.45) is 3.10. The molecule has 1 N–H and O–H groups in total. The summed E-state index contributed by atoms with van der Waals surface area (Å²) in [4.78, 5) is 13.0. The topological polar surface area (TPSA) is 92.0 Å². The maximum absolute atomic E-state index is 13.0. The average Bonchev–Trinajstić information content (AvgIpc) is 3.37. The quantitative estimate of drug-likeness (QED) is 0.673. The van der Waals surface area contributed by atoms with E-state index in [0.717, 1.165) is 28.7 Å². The van der Waals surface area contributed by atoms with Gasteiger partial charge in [-0.2, -0.15) is 5.10 Å². The van der Waals surface area contributed by atoms with Gasteiger partial charge in [0.05, 0.1) is 24.3 Å². The second-order valence-electron chi connectivity index (χ2n) is 7.26. The van der Waals surface area contributed by atoms with Crippen LogP contribution in [-0.4, -0.2) is 31.3 Å². The first kappa shape index (κ1) is 19.9. The fourth-order valence-corrected chi connectivity index (χ4v) is 4.03. The van der Waals surface area contributed by atoms with Crippen LogP contribution in [0.4, 0.5) is 5.69 Å². The first-order valence-electron chi connectivity index (χ1n) is 9.39. The Morgan fingerprint density at radius 1 is 1.13 bits per heavy atom. The van der Waals surface area contributed by atoms with Crippen LogP contribution in [0, 0.1) is 6.92 Å². The van der Waals surface area contributed by atoms with Crippen molar-refractivity contribution >= 4 is 27.3 Å². The fourth-order valence-electron chi connectivity index (χ4n) is 3.47.